The van der Waals surface area contributed by atoms with Crippen LogP contribution in [0, 0.1) is 0 Å². The molecule has 2 N–H and O–H groups in total. The number of esters is 1. The molecular formula is C14H14N2O2. The normalized spacial score (nSPS) is 10.9. The minimum absolute atomic E-state index is 0.356. The van der Waals surface area contributed by atoms with Crippen LogP contribution in [0.1, 0.15) is 12.5 Å². The van der Waals surface area contributed by atoms with Crippen molar-refractivity contribution in [3.05, 3.63) is 42.1 Å². The molecule has 2 aromatic rings. The van der Waals surface area contributed by atoms with E-state index in [9.17, 15) is 4.79 Å². The zero-order valence-corrected chi connectivity index (χ0v) is 10.1. The smallest absolute Gasteiger partial charge is 0.330 e. The van der Waals surface area contributed by atoms with Crippen molar-refractivity contribution in [2.45, 2.75) is 6.92 Å². The van der Waals surface area contributed by atoms with Crippen molar-refractivity contribution in [1.29, 1.82) is 0 Å². The molecule has 0 amide bonds. The third kappa shape index (κ3) is 2.66. The highest BCUT2D eigenvalue weighted by Crippen LogP contribution is 2.19. The molecule has 0 aliphatic heterocycles. The Morgan fingerprint density at radius 2 is 2.33 bits per heavy atom. The molecule has 1 aromatic heterocycles. The molecule has 0 atom stereocenters. The molecule has 1 heterocycles. The van der Waals surface area contributed by atoms with Crippen LogP contribution in [0.5, 0.6) is 0 Å². The SMILES string of the molecule is CCOC(=O)/C=C/c1cnc2c(N)cccc2c1. The molecule has 0 radical (unpaired) electrons. The van der Waals surface area contributed by atoms with Crippen LogP contribution in [0.15, 0.2) is 36.5 Å². The standard InChI is InChI=1S/C14H14N2O2/c1-2-18-13(17)7-6-10-8-11-4-3-5-12(15)14(11)16-9-10/h3-9H,2,15H2,1H3/b7-6+. The van der Waals surface area contributed by atoms with Crippen LogP contribution >= 0.6 is 0 Å². The molecule has 18 heavy (non-hydrogen) atoms. The number of carbonyl (C=O) groups is 1. The van der Waals surface area contributed by atoms with Gasteiger partial charge in [0.05, 0.1) is 17.8 Å². The van der Waals surface area contributed by atoms with Gasteiger partial charge in [-0.05, 0) is 30.7 Å². The maximum Gasteiger partial charge on any atom is 0.330 e. The van der Waals surface area contributed by atoms with Crippen LogP contribution in [-0.4, -0.2) is 17.6 Å². The molecule has 0 unspecified atom stereocenters. The van der Waals surface area contributed by atoms with Crippen LogP contribution in [0.4, 0.5) is 5.69 Å². The lowest BCUT2D eigenvalue weighted by Gasteiger charge is -2.01. The molecule has 0 aliphatic carbocycles. The maximum atomic E-state index is 11.2. The first-order valence-electron chi connectivity index (χ1n) is 5.70. The van der Waals surface area contributed by atoms with Gasteiger partial charge in [0.15, 0.2) is 0 Å². The Kier molecular flexibility index (Phi) is 3.57. The van der Waals surface area contributed by atoms with Gasteiger partial charge in [-0.2, -0.15) is 0 Å². The third-order valence-electron chi connectivity index (χ3n) is 2.46. The number of rotatable bonds is 3. The Morgan fingerprint density at radius 1 is 1.50 bits per heavy atom. The molecule has 0 saturated carbocycles. The van der Waals surface area contributed by atoms with E-state index in [1.54, 1.807) is 19.2 Å². The summed E-state index contributed by atoms with van der Waals surface area (Å²) in [5.41, 5.74) is 8.06. The molecule has 0 aliphatic rings. The van der Waals surface area contributed by atoms with E-state index in [4.69, 9.17) is 10.5 Å². The van der Waals surface area contributed by atoms with Gasteiger partial charge < -0.3 is 10.5 Å². The van der Waals surface area contributed by atoms with E-state index in [-0.39, 0.29) is 5.97 Å². The summed E-state index contributed by atoms with van der Waals surface area (Å²) in [6.45, 7) is 2.14. The zero-order chi connectivity index (χ0) is 13.0. The number of para-hydroxylation sites is 1. The molecule has 4 heteroatoms. The third-order valence-corrected chi connectivity index (χ3v) is 2.46. The van der Waals surface area contributed by atoms with Gasteiger partial charge in [-0.1, -0.05) is 12.1 Å². The zero-order valence-electron chi connectivity index (χ0n) is 10.1. The first-order chi connectivity index (χ1) is 8.70. The number of nitrogens with zero attached hydrogens (tertiary/aromatic N) is 1. The highest BCUT2D eigenvalue weighted by atomic mass is 16.5. The van der Waals surface area contributed by atoms with Crippen LogP contribution in [0.25, 0.3) is 17.0 Å². The van der Waals surface area contributed by atoms with Gasteiger partial charge in [-0.25, -0.2) is 4.79 Å². The first-order valence-corrected chi connectivity index (χ1v) is 5.70. The summed E-state index contributed by atoms with van der Waals surface area (Å²) in [6, 6.07) is 7.54. The van der Waals surface area contributed by atoms with Gasteiger partial charge in [-0.15, -0.1) is 0 Å². The van der Waals surface area contributed by atoms with Crippen molar-refractivity contribution >= 4 is 28.6 Å². The molecule has 0 saturated heterocycles. The number of fused-ring (bicyclic) bond motifs is 1. The number of hydrogen-bond donors (Lipinski definition) is 1. The van der Waals surface area contributed by atoms with E-state index in [1.165, 1.54) is 6.08 Å². The van der Waals surface area contributed by atoms with Gasteiger partial charge >= 0.3 is 5.97 Å². The monoisotopic (exact) mass is 242 g/mol. The predicted molar refractivity (Wildman–Crippen MR) is 71.8 cm³/mol. The van der Waals surface area contributed by atoms with Crippen molar-refractivity contribution in [2.24, 2.45) is 0 Å². The Hall–Kier alpha value is -2.36. The minimum Gasteiger partial charge on any atom is -0.463 e. The number of ether oxygens (including phenoxy) is 1. The van der Waals surface area contributed by atoms with E-state index >= 15 is 0 Å². The lowest BCUT2D eigenvalue weighted by atomic mass is 10.1. The number of nitrogens with two attached hydrogens (primary N) is 1. The summed E-state index contributed by atoms with van der Waals surface area (Å²) in [4.78, 5) is 15.5. The van der Waals surface area contributed by atoms with E-state index in [2.05, 4.69) is 4.98 Å². The second kappa shape index (κ2) is 5.31. The van der Waals surface area contributed by atoms with Gasteiger partial charge in [0, 0.05) is 17.7 Å². The molecule has 4 nitrogen and oxygen atoms in total. The van der Waals surface area contributed by atoms with Crippen molar-refractivity contribution in [2.75, 3.05) is 12.3 Å². The number of hydrogen-bond acceptors (Lipinski definition) is 4. The van der Waals surface area contributed by atoms with Gasteiger partial charge in [-0.3, -0.25) is 4.98 Å². The van der Waals surface area contributed by atoms with Crippen molar-refractivity contribution < 1.29 is 9.53 Å². The summed E-state index contributed by atoms with van der Waals surface area (Å²) >= 11 is 0. The largest absolute Gasteiger partial charge is 0.463 e. The lowest BCUT2D eigenvalue weighted by molar-refractivity contribution is -0.137. The number of pyridine rings is 1. The highest BCUT2D eigenvalue weighted by Gasteiger charge is 2.00. The summed E-state index contributed by atoms with van der Waals surface area (Å²) in [7, 11) is 0. The Balaban J connectivity index is 2.28. The summed E-state index contributed by atoms with van der Waals surface area (Å²) in [5.74, 6) is -0.356. The van der Waals surface area contributed by atoms with Crippen LogP contribution < -0.4 is 5.73 Å². The van der Waals surface area contributed by atoms with E-state index in [1.807, 2.05) is 24.3 Å². The first kappa shape index (κ1) is 12.1. The Labute approximate surface area is 105 Å². The fourth-order valence-corrected chi connectivity index (χ4v) is 1.65. The van der Waals surface area contributed by atoms with Crippen molar-refractivity contribution in [3.8, 4) is 0 Å². The second-order valence-electron chi connectivity index (χ2n) is 3.77. The molecule has 2 rings (SSSR count). The van der Waals surface area contributed by atoms with Crippen LogP contribution in [-0.2, 0) is 9.53 Å². The average Bonchev–Trinajstić information content (AvgIpc) is 2.37. The molecule has 0 spiro atoms. The number of nitrogen functional groups attached to an aromatic ring is 1. The molecule has 0 fully saturated rings. The number of anilines is 1. The summed E-state index contributed by atoms with van der Waals surface area (Å²) in [5, 5.41) is 0.945. The van der Waals surface area contributed by atoms with E-state index < -0.39 is 0 Å². The Bertz CT molecular complexity index is 606. The average molecular weight is 242 g/mol. The minimum atomic E-state index is -0.356. The lowest BCUT2D eigenvalue weighted by Crippen LogP contribution is -1.98. The predicted octanol–water partition coefficient (Wildman–Crippen LogP) is 2.39. The van der Waals surface area contributed by atoms with Crippen molar-refractivity contribution in [1.82, 2.24) is 4.98 Å². The number of benzene rings is 1. The molecule has 0 bridgehead atoms. The fraction of sp³-hybridized carbons (Fsp3) is 0.143. The maximum absolute atomic E-state index is 11.2. The fourth-order valence-electron chi connectivity index (χ4n) is 1.65. The summed E-state index contributed by atoms with van der Waals surface area (Å²) in [6.07, 6.45) is 4.74. The van der Waals surface area contributed by atoms with Crippen molar-refractivity contribution in [3.63, 3.8) is 0 Å². The van der Waals surface area contributed by atoms with Crippen LogP contribution in [0.2, 0.25) is 0 Å². The van der Waals surface area contributed by atoms with Gasteiger partial charge in [0.25, 0.3) is 0 Å². The van der Waals surface area contributed by atoms with E-state index in [0.29, 0.717) is 12.3 Å². The quantitative estimate of drug-likeness (QED) is 0.510. The Morgan fingerprint density at radius 3 is 3.11 bits per heavy atom. The molecule has 1 aromatic carbocycles. The number of carbonyl (C=O) groups excluding carboxylic acids is 1. The number of aromatic nitrogens is 1. The van der Waals surface area contributed by atoms with E-state index in [0.717, 1.165) is 16.5 Å². The highest BCUT2D eigenvalue weighted by molar-refractivity contribution is 5.91. The molecular weight excluding hydrogens is 228 g/mol. The molecule has 92 valence electrons. The topological polar surface area (TPSA) is 65.2 Å². The van der Waals surface area contributed by atoms with Gasteiger partial charge in [0.2, 0.25) is 0 Å². The van der Waals surface area contributed by atoms with Gasteiger partial charge in [0.1, 0.15) is 0 Å². The van der Waals surface area contributed by atoms with Crippen LogP contribution in [0.3, 0.4) is 0 Å². The second-order valence-corrected chi connectivity index (χ2v) is 3.77. The summed E-state index contributed by atoms with van der Waals surface area (Å²) < 4.78 is 4.80.